The minimum atomic E-state index is -1.83. The summed E-state index contributed by atoms with van der Waals surface area (Å²) in [4.78, 5) is 0. The minimum Gasteiger partial charge on any atom is -0.496 e. The van der Waals surface area contributed by atoms with Crippen LogP contribution in [-0.2, 0) is 12.8 Å². The van der Waals surface area contributed by atoms with Crippen LogP contribution in [0.5, 0.6) is 5.75 Å². The van der Waals surface area contributed by atoms with Gasteiger partial charge in [-0.2, -0.15) is 0 Å². The predicted octanol–water partition coefficient (Wildman–Crippen LogP) is 1.92. The highest BCUT2D eigenvalue weighted by Gasteiger charge is 2.02. The Balaban J connectivity index is 3.41. The highest BCUT2D eigenvalue weighted by molar-refractivity contribution is 5.38. The molecule has 0 fully saturated rings. The maximum atomic E-state index is 7.85. The smallest absolute Gasteiger partial charge is 0.122 e. The molecule has 0 amide bonds. The van der Waals surface area contributed by atoms with Crippen LogP contribution in [0.1, 0.15) is 18.0 Å². The number of aryl methyl sites for hydroxylation is 1. The zero-order valence-corrected chi connectivity index (χ0v) is 8.08. The van der Waals surface area contributed by atoms with Crippen LogP contribution in [0.25, 0.3) is 0 Å². The first kappa shape index (κ1) is 5.56. The molecule has 0 bridgehead atoms. The molecule has 2 N–H and O–H groups in total. The van der Waals surface area contributed by atoms with Crippen molar-refractivity contribution in [3.8, 4) is 5.75 Å². The summed E-state index contributed by atoms with van der Waals surface area (Å²) in [5.74, 6) is 0.216. The lowest BCUT2D eigenvalue weighted by atomic mass is 10.1. The van der Waals surface area contributed by atoms with Crippen LogP contribution < -0.4 is 10.5 Å². The van der Waals surface area contributed by atoms with Gasteiger partial charge < -0.3 is 10.5 Å². The van der Waals surface area contributed by atoms with E-state index in [1.54, 1.807) is 0 Å². The summed E-state index contributed by atoms with van der Waals surface area (Å²) in [6.45, 7) is 2.25. The van der Waals surface area contributed by atoms with E-state index >= 15 is 0 Å². The molecule has 76 valence electrons. The first-order valence-electron chi connectivity index (χ1n) is 6.82. The van der Waals surface area contributed by atoms with Gasteiger partial charge in [0.1, 0.15) is 5.75 Å². The Hall–Kier alpha value is -1.28. The third kappa shape index (κ3) is 2.60. The summed E-state index contributed by atoms with van der Waals surface area (Å²) in [6.07, 6.45) is -1.79. The van der Waals surface area contributed by atoms with Crippen LogP contribution >= 0.6 is 0 Å². The van der Waals surface area contributed by atoms with Gasteiger partial charge in [0.05, 0.1) is 8.48 Å². The van der Waals surface area contributed by atoms with Gasteiger partial charge in [0, 0.05) is 5.48 Å². The number of hydrogen-bond donors (Lipinski definition) is 1. The second-order valence-corrected chi connectivity index (χ2v) is 2.58. The summed E-state index contributed by atoms with van der Waals surface area (Å²) in [6, 6.07) is 2.65. The van der Waals surface area contributed by atoms with E-state index in [2.05, 4.69) is 6.58 Å². The van der Waals surface area contributed by atoms with Gasteiger partial charge in [0.2, 0.25) is 0 Å². The Kier molecular flexibility index (Phi) is 2.17. The SMILES string of the molecule is [2H]c1cc(C([2H])([2H])C=C)c(OC)cc1C([2H])C([2H])N. The first-order valence-corrected chi connectivity index (χ1v) is 4.17. The number of nitrogens with two attached hydrogens (primary N) is 1. The number of rotatable bonds is 5. The molecule has 0 heterocycles. The predicted molar refractivity (Wildman–Crippen MR) is 59.7 cm³/mol. The van der Waals surface area contributed by atoms with Crippen molar-refractivity contribution in [3.63, 3.8) is 0 Å². The lowest BCUT2D eigenvalue weighted by Gasteiger charge is -2.08. The van der Waals surface area contributed by atoms with Gasteiger partial charge in [-0.15, -0.1) is 6.58 Å². The summed E-state index contributed by atoms with van der Waals surface area (Å²) < 4.78 is 43.6. The van der Waals surface area contributed by atoms with Crippen molar-refractivity contribution in [2.24, 2.45) is 5.73 Å². The highest BCUT2D eigenvalue weighted by atomic mass is 16.5. The van der Waals surface area contributed by atoms with Crippen molar-refractivity contribution in [1.29, 1.82) is 0 Å². The van der Waals surface area contributed by atoms with E-state index < -0.39 is 19.3 Å². The minimum absolute atomic E-state index is 0.0378. The second kappa shape index (κ2) is 5.45. The molecule has 2 atom stereocenters. The third-order valence-electron chi connectivity index (χ3n) is 1.69. The molecular weight excluding hydrogens is 174 g/mol. The molecule has 1 aromatic carbocycles. The number of allylic oxidation sites excluding steroid dienone is 1. The zero-order chi connectivity index (χ0) is 14.8. The highest BCUT2D eigenvalue weighted by Crippen LogP contribution is 2.21. The largest absolute Gasteiger partial charge is 0.496 e. The maximum Gasteiger partial charge on any atom is 0.122 e. The molecule has 0 saturated carbocycles. The van der Waals surface area contributed by atoms with Crippen LogP contribution in [0.4, 0.5) is 0 Å². The van der Waals surface area contributed by atoms with Gasteiger partial charge in [0.25, 0.3) is 0 Å². The van der Waals surface area contributed by atoms with Gasteiger partial charge in [0.15, 0.2) is 0 Å². The topological polar surface area (TPSA) is 35.2 Å². The van der Waals surface area contributed by atoms with E-state index in [4.69, 9.17) is 17.3 Å². The van der Waals surface area contributed by atoms with E-state index in [1.165, 1.54) is 19.2 Å². The lowest BCUT2D eigenvalue weighted by molar-refractivity contribution is 0.410. The average molecular weight is 196 g/mol. The number of hydrogen-bond acceptors (Lipinski definition) is 2. The van der Waals surface area contributed by atoms with E-state index in [0.29, 0.717) is 0 Å². The van der Waals surface area contributed by atoms with E-state index in [1.807, 2.05) is 0 Å². The molecule has 0 aliphatic carbocycles. The van der Waals surface area contributed by atoms with Crippen molar-refractivity contribution in [1.82, 2.24) is 0 Å². The van der Waals surface area contributed by atoms with E-state index in [0.717, 1.165) is 6.08 Å². The van der Waals surface area contributed by atoms with Crippen molar-refractivity contribution in [2.75, 3.05) is 13.6 Å². The summed E-state index contributed by atoms with van der Waals surface area (Å²) in [5, 5.41) is 0. The van der Waals surface area contributed by atoms with Crippen LogP contribution in [0.15, 0.2) is 30.8 Å². The van der Waals surface area contributed by atoms with Gasteiger partial charge in [-0.25, -0.2) is 0 Å². The molecule has 0 spiro atoms. The average Bonchev–Trinajstić information content (AvgIpc) is 2.37. The molecule has 2 heteroatoms. The number of ether oxygens (including phenoxy) is 1. The molecule has 2 unspecified atom stereocenters. The fourth-order valence-corrected chi connectivity index (χ4v) is 1.08. The molecule has 2 nitrogen and oxygen atoms in total. The molecule has 0 aliphatic rings. The molecule has 0 saturated heterocycles. The fourth-order valence-electron chi connectivity index (χ4n) is 1.08. The van der Waals surface area contributed by atoms with Crippen molar-refractivity contribution in [3.05, 3.63) is 42.0 Å². The van der Waals surface area contributed by atoms with Crippen LogP contribution in [0.2, 0.25) is 0 Å². The maximum absolute atomic E-state index is 7.85. The summed E-state index contributed by atoms with van der Waals surface area (Å²) in [5.41, 5.74) is 5.75. The third-order valence-corrected chi connectivity index (χ3v) is 1.69. The molecule has 14 heavy (non-hydrogen) atoms. The van der Waals surface area contributed by atoms with Crippen molar-refractivity contribution in [2.45, 2.75) is 12.8 Å². The van der Waals surface area contributed by atoms with E-state index in [-0.39, 0.29) is 22.9 Å². The van der Waals surface area contributed by atoms with Gasteiger partial charge >= 0.3 is 0 Å². The monoisotopic (exact) mass is 196 g/mol. The lowest BCUT2D eigenvalue weighted by Crippen LogP contribution is -2.03. The molecule has 0 aliphatic heterocycles. The molecular formula is C12H17NO. The van der Waals surface area contributed by atoms with Crippen molar-refractivity contribution >= 4 is 0 Å². The normalized spacial score (nSPS) is 20.6. The van der Waals surface area contributed by atoms with E-state index in [9.17, 15) is 0 Å². The number of methoxy groups -OCH3 is 1. The Morgan fingerprint density at radius 2 is 2.57 bits per heavy atom. The molecule has 1 aromatic rings. The summed E-state index contributed by atoms with van der Waals surface area (Å²) in [7, 11) is 1.38. The Morgan fingerprint density at radius 3 is 3.14 bits per heavy atom. The van der Waals surface area contributed by atoms with Gasteiger partial charge in [-0.1, -0.05) is 18.2 Å². The number of benzene rings is 1. The van der Waals surface area contributed by atoms with Crippen LogP contribution in [0, 0.1) is 0 Å². The summed E-state index contributed by atoms with van der Waals surface area (Å²) >= 11 is 0. The standard InChI is InChI=1S/C12H17NO/c1-3-4-11-6-5-10(7-8-13)9-12(11)14-2/h3,5-6,9H,1,4,7-8,13H2,2H3/i4D2,5D,7D,8D. The second-order valence-electron chi connectivity index (χ2n) is 2.58. The Morgan fingerprint density at radius 1 is 1.79 bits per heavy atom. The van der Waals surface area contributed by atoms with Crippen LogP contribution in [0.3, 0.4) is 0 Å². The van der Waals surface area contributed by atoms with Crippen LogP contribution in [-0.4, -0.2) is 13.6 Å². The molecule has 0 aromatic heterocycles. The fraction of sp³-hybridized carbons (Fsp3) is 0.333. The Labute approximate surface area is 92.4 Å². The Bertz CT molecular complexity index is 475. The van der Waals surface area contributed by atoms with Gasteiger partial charge in [-0.3, -0.25) is 0 Å². The molecule has 0 radical (unpaired) electrons. The van der Waals surface area contributed by atoms with Crippen molar-refractivity contribution < 1.29 is 11.6 Å². The first-order chi connectivity index (χ1) is 8.74. The van der Waals surface area contributed by atoms with Gasteiger partial charge in [-0.05, 0) is 36.5 Å². The zero-order valence-electron chi connectivity index (χ0n) is 13.1. The molecule has 1 rings (SSSR count). The quantitative estimate of drug-likeness (QED) is 0.730.